The minimum absolute atomic E-state index is 0.344. The second kappa shape index (κ2) is 8.23. The highest BCUT2D eigenvalue weighted by Crippen LogP contribution is 2.40. The Bertz CT molecular complexity index is 453. The number of rotatable bonds is 8. The van der Waals surface area contributed by atoms with Gasteiger partial charge in [0.1, 0.15) is 13.3 Å². The second-order valence-corrected chi connectivity index (χ2v) is 8.05. The third-order valence-electron chi connectivity index (χ3n) is 3.46. The van der Waals surface area contributed by atoms with Crippen molar-refractivity contribution in [2.75, 3.05) is 19.4 Å². The number of carbonyl (C=O) groups is 1. The first kappa shape index (κ1) is 16.9. The topological polar surface area (TPSA) is 55.4 Å². The molecule has 0 saturated carbocycles. The van der Waals surface area contributed by atoms with Crippen molar-refractivity contribution in [2.45, 2.75) is 32.7 Å². The molecule has 0 heterocycles. The number of aryl methyl sites for hydroxylation is 1. The van der Waals surface area contributed by atoms with Gasteiger partial charge >= 0.3 is 5.97 Å². The Hall–Kier alpha value is -1.12. The molecule has 0 aliphatic carbocycles. The third-order valence-corrected chi connectivity index (χ3v) is 6.29. The molecule has 0 amide bonds. The van der Waals surface area contributed by atoms with E-state index < -0.39 is 13.3 Å². The Balaban J connectivity index is 2.70. The summed E-state index contributed by atoms with van der Waals surface area (Å²) in [6.45, 7) is 3.76. The van der Waals surface area contributed by atoms with Gasteiger partial charge in [0.25, 0.3) is 0 Å². The molecule has 0 unspecified atom stereocenters. The van der Waals surface area contributed by atoms with Crippen molar-refractivity contribution in [3.8, 4) is 0 Å². The standard InChI is InChI=1S/C15H24NO3P/c1-4-20(18,5-2)16-14(15(17)19-3)12-11-13-9-7-6-8-10-13/h6-10,14H,4-5,11-12H2,1-3H3,(H,16,18)/t14-/m0/s1. The largest absolute Gasteiger partial charge is 0.468 e. The van der Waals surface area contributed by atoms with Gasteiger partial charge in [0.2, 0.25) is 0 Å². The zero-order chi connectivity index (χ0) is 15.0. The minimum atomic E-state index is -2.48. The van der Waals surface area contributed by atoms with Gasteiger partial charge in [-0.25, -0.2) is 0 Å². The molecule has 4 nitrogen and oxygen atoms in total. The van der Waals surface area contributed by atoms with Gasteiger partial charge in [-0.15, -0.1) is 0 Å². The molecule has 1 N–H and O–H groups in total. The van der Waals surface area contributed by atoms with Gasteiger partial charge in [0.05, 0.1) is 7.11 Å². The minimum Gasteiger partial charge on any atom is -0.468 e. The lowest BCUT2D eigenvalue weighted by atomic mass is 10.1. The van der Waals surface area contributed by atoms with E-state index in [0.717, 1.165) is 12.0 Å². The average molecular weight is 297 g/mol. The van der Waals surface area contributed by atoms with E-state index in [1.807, 2.05) is 44.2 Å². The molecule has 0 aromatic heterocycles. The molecule has 20 heavy (non-hydrogen) atoms. The summed E-state index contributed by atoms with van der Waals surface area (Å²) in [4.78, 5) is 11.8. The average Bonchev–Trinajstić information content (AvgIpc) is 2.51. The maximum Gasteiger partial charge on any atom is 0.323 e. The highest BCUT2D eigenvalue weighted by molar-refractivity contribution is 7.61. The summed E-state index contributed by atoms with van der Waals surface area (Å²) in [7, 11) is -1.11. The Morgan fingerprint density at radius 2 is 1.85 bits per heavy atom. The first-order chi connectivity index (χ1) is 9.54. The summed E-state index contributed by atoms with van der Waals surface area (Å²) in [6, 6.07) is 9.44. The van der Waals surface area contributed by atoms with E-state index in [1.165, 1.54) is 7.11 Å². The van der Waals surface area contributed by atoms with Crippen molar-refractivity contribution in [2.24, 2.45) is 0 Å². The molecule has 5 heteroatoms. The smallest absolute Gasteiger partial charge is 0.323 e. The normalized spacial score (nSPS) is 12.9. The van der Waals surface area contributed by atoms with Gasteiger partial charge in [-0.3, -0.25) is 9.88 Å². The number of benzene rings is 1. The lowest BCUT2D eigenvalue weighted by Gasteiger charge is -2.23. The van der Waals surface area contributed by atoms with Crippen LogP contribution in [-0.4, -0.2) is 31.4 Å². The van der Waals surface area contributed by atoms with E-state index in [2.05, 4.69) is 5.09 Å². The van der Waals surface area contributed by atoms with Gasteiger partial charge < -0.3 is 9.30 Å². The van der Waals surface area contributed by atoms with E-state index in [-0.39, 0.29) is 5.97 Å². The molecule has 0 aliphatic heterocycles. The van der Waals surface area contributed by atoms with E-state index >= 15 is 0 Å². The quantitative estimate of drug-likeness (QED) is 0.592. The predicted molar refractivity (Wildman–Crippen MR) is 82.4 cm³/mol. The van der Waals surface area contributed by atoms with Crippen molar-refractivity contribution in [3.63, 3.8) is 0 Å². The van der Waals surface area contributed by atoms with Crippen LogP contribution in [0.5, 0.6) is 0 Å². The number of hydrogen-bond acceptors (Lipinski definition) is 3. The molecule has 1 rings (SSSR count). The van der Waals surface area contributed by atoms with Crippen LogP contribution in [0.25, 0.3) is 0 Å². The fourth-order valence-corrected chi connectivity index (χ4v) is 3.64. The Labute approximate surface area is 121 Å². The molecule has 0 radical (unpaired) electrons. The Morgan fingerprint density at radius 3 is 2.35 bits per heavy atom. The molecule has 0 bridgehead atoms. The monoisotopic (exact) mass is 297 g/mol. The lowest BCUT2D eigenvalue weighted by molar-refractivity contribution is -0.142. The van der Waals surface area contributed by atoms with Gasteiger partial charge in [-0.2, -0.15) is 0 Å². The zero-order valence-electron chi connectivity index (χ0n) is 12.5. The van der Waals surface area contributed by atoms with Crippen LogP contribution in [0.3, 0.4) is 0 Å². The number of hydrogen-bond donors (Lipinski definition) is 1. The molecule has 0 aliphatic rings. The molecule has 1 atom stereocenters. The molecule has 0 fully saturated rings. The molecule has 1 aromatic rings. The van der Waals surface area contributed by atoms with Crippen LogP contribution in [0.4, 0.5) is 0 Å². The summed E-state index contributed by atoms with van der Waals surface area (Å²) >= 11 is 0. The van der Waals surface area contributed by atoms with Crippen LogP contribution in [-0.2, 0) is 20.5 Å². The summed E-state index contributed by atoms with van der Waals surface area (Å²) in [5.41, 5.74) is 1.16. The van der Waals surface area contributed by atoms with E-state index in [0.29, 0.717) is 18.7 Å². The van der Waals surface area contributed by atoms with Crippen LogP contribution < -0.4 is 5.09 Å². The molecule has 0 saturated heterocycles. The fraction of sp³-hybridized carbons (Fsp3) is 0.533. The van der Waals surface area contributed by atoms with Crippen LogP contribution >= 0.6 is 7.29 Å². The number of carbonyl (C=O) groups excluding carboxylic acids is 1. The van der Waals surface area contributed by atoms with Crippen molar-refractivity contribution in [1.29, 1.82) is 0 Å². The number of ether oxygens (including phenoxy) is 1. The lowest BCUT2D eigenvalue weighted by Crippen LogP contribution is -2.37. The maximum atomic E-state index is 12.5. The second-order valence-electron chi connectivity index (χ2n) is 4.75. The molecular weight excluding hydrogens is 273 g/mol. The molecular formula is C15H24NO3P. The summed E-state index contributed by atoms with van der Waals surface area (Å²) < 4.78 is 17.3. The van der Waals surface area contributed by atoms with Gasteiger partial charge in [0, 0.05) is 12.3 Å². The maximum absolute atomic E-state index is 12.5. The molecule has 0 spiro atoms. The third kappa shape index (κ3) is 5.10. The van der Waals surface area contributed by atoms with Gasteiger partial charge in [-0.1, -0.05) is 44.2 Å². The Morgan fingerprint density at radius 1 is 1.25 bits per heavy atom. The number of nitrogens with one attached hydrogen (secondary N) is 1. The van der Waals surface area contributed by atoms with Crippen LogP contribution in [0, 0.1) is 0 Å². The van der Waals surface area contributed by atoms with Gasteiger partial charge in [-0.05, 0) is 18.4 Å². The van der Waals surface area contributed by atoms with Gasteiger partial charge in [0.15, 0.2) is 0 Å². The highest BCUT2D eigenvalue weighted by atomic mass is 31.2. The van der Waals surface area contributed by atoms with Crippen LogP contribution in [0.1, 0.15) is 25.8 Å². The van der Waals surface area contributed by atoms with E-state index in [9.17, 15) is 9.36 Å². The first-order valence-corrected chi connectivity index (χ1v) is 9.10. The van der Waals surface area contributed by atoms with Crippen LogP contribution in [0.2, 0.25) is 0 Å². The Kier molecular flexibility index (Phi) is 6.97. The summed E-state index contributed by atoms with van der Waals surface area (Å²) in [5, 5.41) is 3.03. The number of methoxy groups -OCH3 is 1. The van der Waals surface area contributed by atoms with Crippen molar-refractivity contribution in [1.82, 2.24) is 5.09 Å². The van der Waals surface area contributed by atoms with E-state index in [4.69, 9.17) is 4.74 Å². The first-order valence-electron chi connectivity index (χ1n) is 7.02. The van der Waals surface area contributed by atoms with Crippen molar-refractivity contribution < 1.29 is 14.1 Å². The SMILES string of the molecule is CCP(=O)(CC)N[C@@H](CCc1ccccc1)C(=O)OC. The molecule has 112 valence electrons. The summed E-state index contributed by atoms with van der Waals surface area (Å²) in [5.74, 6) is -0.344. The highest BCUT2D eigenvalue weighted by Gasteiger charge is 2.27. The zero-order valence-corrected chi connectivity index (χ0v) is 13.4. The van der Waals surface area contributed by atoms with E-state index in [1.54, 1.807) is 0 Å². The van der Waals surface area contributed by atoms with Crippen molar-refractivity contribution >= 4 is 13.3 Å². The van der Waals surface area contributed by atoms with Crippen LogP contribution in [0.15, 0.2) is 30.3 Å². The predicted octanol–water partition coefficient (Wildman–Crippen LogP) is 3.07. The van der Waals surface area contributed by atoms with Crippen molar-refractivity contribution in [3.05, 3.63) is 35.9 Å². The number of esters is 1. The summed E-state index contributed by atoms with van der Waals surface area (Å²) in [6.07, 6.45) is 2.42. The molecule has 1 aromatic carbocycles. The fourth-order valence-electron chi connectivity index (χ4n) is 2.02.